The molecule has 0 saturated carbocycles. The van der Waals surface area contributed by atoms with E-state index in [-0.39, 0.29) is 0 Å². The summed E-state index contributed by atoms with van der Waals surface area (Å²) in [6, 6.07) is 6.05. The molecule has 1 atom stereocenters. The molecule has 1 N–H and O–H groups in total. The number of aliphatic hydroxyl groups excluding tert-OH is 1. The van der Waals surface area contributed by atoms with Crippen molar-refractivity contribution in [2.75, 3.05) is 0 Å². The van der Waals surface area contributed by atoms with Crippen LogP contribution in [-0.2, 0) is 0 Å². The molecule has 2 heterocycles. The van der Waals surface area contributed by atoms with Gasteiger partial charge >= 0.3 is 0 Å². The molecule has 2 rings (SSSR count). The molecule has 0 bridgehead atoms. The highest BCUT2D eigenvalue weighted by molar-refractivity contribution is 9.11. The first-order chi connectivity index (χ1) is 7.08. The summed E-state index contributed by atoms with van der Waals surface area (Å²) in [5.41, 5.74) is 1.18. The van der Waals surface area contributed by atoms with E-state index in [1.165, 1.54) is 10.4 Å². The van der Waals surface area contributed by atoms with Gasteiger partial charge in [-0.15, -0.1) is 22.7 Å². The van der Waals surface area contributed by atoms with Gasteiger partial charge in [0.1, 0.15) is 6.10 Å². The fraction of sp³-hybridized carbons (Fsp3) is 0.273. The van der Waals surface area contributed by atoms with E-state index in [2.05, 4.69) is 28.9 Å². The van der Waals surface area contributed by atoms with Crippen LogP contribution >= 0.6 is 38.6 Å². The van der Waals surface area contributed by atoms with E-state index >= 15 is 0 Å². The molecule has 1 unspecified atom stereocenters. The van der Waals surface area contributed by atoms with E-state index < -0.39 is 6.10 Å². The Labute approximate surface area is 106 Å². The SMILES string of the molecule is Cc1cc(C)c(C(O)c2ccc(Br)s2)s1. The Kier molecular flexibility index (Phi) is 3.30. The smallest absolute Gasteiger partial charge is 0.123 e. The second-order valence-corrected chi connectivity index (χ2v) is 7.23. The van der Waals surface area contributed by atoms with Crippen LogP contribution in [0.5, 0.6) is 0 Å². The Morgan fingerprint density at radius 2 is 2.00 bits per heavy atom. The summed E-state index contributed by atoms with van der Waals surface area (Å²) in [7, 11) is 0. The molecular formula is C11H11BrOS2. The fourth-order valence-electron chi connectivity index (χ4n) is 1.54. The normalized spacial score (nSPS) is 13.1. The van der Waals surface area contributed by atoms with E-state index in [1.54, 1.807) is 22.7 Å². The third-order valence-electron chi connectivity index (χ3n) is 2.19. The van der Waals surface area contributed by atoms with E-state index in [1.807, 2.05) is 19.1 Å². The van der Waals surface area contributed by atoms with Crippen molar-refractivity contribution in [3.63, 3.8) is 0 Å². The van der Waals surface area contributed by atoms with Gasteiger partial charge in [0, 0.05) is 14.6 Å². The van der Waals surface area contributed by atoms with Crippen molar-refractivity contribution < 1.29 is 5.11 Å². The predicted molar refractivity (Wildman–Crippen MR) is 69.9 cm³/mol. The van der Waals surface area contributed by atoms with Gasteiger partial charge in [0.15, 0.2) is 0 Å². The summed E-state index contributed by atoms with van der Waals surface area (Å²) in [4.78, 5) is 3.30. The Hall–Kier alpha value is -0.160. The van der Waals surface area contributed by atoms with Crippen molar-refractivity contribution in [2.45, 2.75) is 20.0 Å². The number of rotatable bonds is 2. The molecular weight excluding hydrogens is 292 g/mol. The van der Waals surface area contributed by atoms with Crippen LogP contribution in [0.4, 0.5) is 0 Å². The lowest BCUT2D eigenvalue weighted by molar-refractivity contribution is 0.227. The van der Waals surface area contributed by atoms with Gasteiger partial charge < -0.3 is 5.11 Å². The van der Waals surface area contributed by atoms with Gasteiger partial charge in [-0.05, 0) is 53.5 Å². The molecule has 0 aliphatic carbocycles. The topological polar surface area (TPSA) is 20.2 Å². The minimum atomic E-state index is -0.472. The second kappa shape index (κ2) is 4.37. The maximum Gasteiger partial charge on any atom is 0.123 e. The Morgan fingerprint density at radius 1 is 1.27 bits per heavy atom. The summed E-state index contributed by atoms with van der Waals surface area (Å²) >= 11 is 6.66. The van der Waals surface area contributed by atoms with Crippen molar-refractivity contribution >= 4 is 38.6 Å². The molecule has 0 fully saturated rings. The van der Waals surface area contributed by atoms with Crippen LogP contribution < -0.4 is 0 Å². The van der Waals surface area contributed by atoms with Crippen LogP contribution in [0.2, 0.25) is 0 Å². The summed E-state index contributed by atoms with van der Waals surface area (Å²) in [5, 5.41) is 10.2. The lowest BCUT2D eigenvalue weighted by atomic mass is 10.2. The first-order valence-corrected chi connectivity index (χ1v) is 7.01. The molecule has 0 amide bonds. The zero-order valence-corrected chi connectivity index (χ0v) is 11.7. The monoisotopic (exact) mass is 302 g/mol. The molecule has 0 aliphatic rings. The van der Waals surface area contributed by atoms with Crippen LogP contribution in [0.15, 0.2) is 22.0 Å². The lowest BCUT2D eigenvalue weighted by Gasteiger charge is -2.06. The highest BCUT2D eigenvalue weighted by Gasteiger charge is 2.16. The predicted octanol–water partition coefficient (Wildman–Crippen LogP) is 4.27. The average molecular weight is 303 g/mol. The van der Waals surface area contributed by atoms with Crippen LogP contribution in [0, 0.1) is 13.8 Å². The first kappa shape index (κ1) is 11.3. The van der Waals surface area contributed by atoms with Crippen molar-refractivity contribution in [3.8, 4) is 0 Å². The highest BCUT2D eigenvalue weighted by Crippen LogP contribution is 2.36. The van der Waals surface area contributed by atoms with E-state index in [0.29, 0.717) is 0 Å². The molecule has 15 heavy (non-hydrogen) atoms. The summed E-state index contributed by atoms with van der Waals surface area (Å²) in [6.07, 6.45) is -0.472. The van der Waals surface area contributed by atoms with Gasteiger partial charge in [-0.1, -0.05) is 0 Å². The van der Waals surface area contributed by atoms with Crippen molar-refractivity contribution in [1.29, 1.82) is 0 Å². The largest absolute Gasteiger partial charge is 0.382 e. The van der Waals surface area contributed by atoms with Crippen LogP contribution in [0.3, 0.4) is 0 Å². The summed E-state index contributed by atoms with van der Waals surface area (Å²) in [5.74, 6) is 0. The molecule has 0 saturated heterocycles. The maximum atomic E-state index is 10.2. The van der Waals surface area contributed by atoms with Crippen LogP contribution in [-0.4, -0.2) is 5.11 Å². The van der Waals surface area contributed by atoms with Gasteiger partial charge in [-0.3, -0.25) is 0 Å². The highest BCUT2D eigenvalue weighted by atomic mass is 79.9. The first-order valence-electron chi connectivity index (χ1n) is 4.58. The Balaban J connectivity index is 2.35. The number of aryl methyl sites for hydroxylation is 2. The minimum absolute atomic E-state index is 0.472. The molecule has 80 valence electrons. The molecule has 0 aromatic carbocycles. The lowest BCUT2D eigenvalue weighted by Crippen LogP contribution is -1.95. The third kappa shape index (κ3) is 2.33. The Bertz CT molecular complexity index is 473. The quantitative estimate of drug-likeness (QED) is 0.878. The van der Waals surface area contributed by atoms with Gasteiger partial charge in [-0.25, -0.2) is 0 Å². The molecule has 2 aromatic heterocycles. The number of thiophene rings is 2. The fourth-order valence-corrected chi connectivity index (χ4v) is 4.07. The van der Waals surface area contributed by atoms with Crippen molar-refractivity contribution in [2.24, 2.45) is 0 Å². The summed E-state index contributed by atoms with van der Waals surface area (Å²) in [6.45, 7) is 4.11. The van der Waals surface area contributed by atoms with Gasteiger partial charge in [0.25, 0.3) is 0 Å². The molecule has 0 spiro atoms. The number of hydrogen-bond donors (Lipinski definition) is 1. The van der Waals surface area contributed by atoms with Gasteiger partial charge in [-0.2, -0.15) is 0 Å². The minimum Gasteiger partial charge on any atom is -0.382 e. The van der Waals surface area contributed by atoms with Crippen molar-refractivity contribution in [1.82, 2.24) is 0 Å². The maximum absolute atomic E-state index is 10.2. The van der Waals surface area contributed by atoms with Crippen LogP contribution in [0.25, 0.3) is 0 Å². The van der Waals surface area contributed by atoms with E-state index in [9.17, 15) is 5.11 Å². The van der Waals surface area contributed by atoms with Crippen LogP contribution in [0.1, 0.15) is 26.3 Å². The average Bonchev–Trinajstić information content (AvgIpc) is 2.71. The number of halogens is 1. The van der Waals surface area contributed by atoms with E-state index in [0.717, 1.165) is 13.5 Å². The summed E-state index contributed by atoms with van der Waals surface area (Å²) < 4.78 is 1.06. The molecule has 4 heteroatoms. The Morgan fingerprint density at radius 3 is 2.47 bits per heavy atom. The zero-order chi connectivity index (χ0) is 11.0. The van der Waals surface area contributed by atoms with Crippen molar-refractivity contribution in [3.05, 3.63) is 42.2 Å². The second-order valence-electron chi connectivity index (χ2n) is 3.45. The molecule has 1 nitrogen and oxygen atoms in total. The molecule has 0 radical (unpaired) electrons. The number of aliphatic hydroxyl groups is 1. The van der Waals surface area contributed by atoms with Gasteiger partial charge in [0.2, 0.25) is 0 Å². The third-order valence-corrected chi connectivity index (χ3v) is 5.07. The zero-order valence-electron chi connectivity index (χ0n) is 8.45. The van der Waals surface area contributed by atoms with E-state index in [4.69, 9.17) is 0 Å². The molecule has 2 aromatic rings. The standard InChI is InChI=1S/C11H11BrOS2/c1-6-5-7(2)14-11(6)10(13)8-3-4-9(12)15-8/h3-5,10,13H,1-2H3. The molecule has 0 aliphatic heterocycles. The van der Waals surface area contributed by atoms with Gasteiger partial charge in [0.05, 0.1) is 3.79 Å². The number of hydrogen-bond acceptors (Lipinski definition) is 3.